The summed E-state index contributed by atoms with van der Waals surface area (Å²) in [5.41, 5.74) is 2.25. The molecule has 9 heteroatoms. The molecule has 1 aliphatic heterocycles. The lowest BCUT2D eigenvalue weighted by Gasteiger charge is -2.35. The molecule has 0 spiro atoms. The smallest absolute Gasteiger partial charge is 0.331 e. The predicted octanol–water partition coefficient (Wildman–Crippen LogP) is 5.90. The van der Waals surface area contributed by atoms with Gasteiger partial charge in [0.2, 0.25) is 0 Å². The number of amides is 2. The van der Waals surface area contributed by atoms with Gasteiger partial charge in [0.1, 0.15) is 6.04 Å². The highest BCUT2D eigenvalue weighted by atomic mass is 127. The number of pyridine rings is 1. The van der Waals surface area contributed by atoms with E-state index in [1.54, 1.807) is 85.2 Å². The molecule has 4 aromatic rings. The number of anilines is 1. The van der Waals surface area contributed by atoms with Crippen LogP contribution in [0.4, 0.5) is 5.69 Å². The van der Waals surface area contributed by atoms with E-state index >= 15 is 0 Å². The summed E-state index contributed by atoms with van der Waals surface area (Å²) < 4.78 is 0.778. The molecule has 1 aliphatic rings. The highest BCUT2D eigenvalue weighted by Gasteiger charge is 2.46. The Bertz CT molecular complexity index is 1500. The lowest BCUT2D eigenvalue weighted by Crippen LogP contribution is -2.46. The number of carbonyl (C=O) groups excluding carboxylic acids is 2. The molecule has 190 valence electrons. The maximum absolute atomic E-state index is 14.5. The number of nitrogens with zero attached hydrogens (tertiary/aromatic N) is 3. The van der Waals surface area contributed by atoms with Gasteiger partial charge in [-0.15, -0.1) is 0 Å². The first-order valence-corrected chi connectivity index (χ1v) is 13.2. The number of hydrogen-bond donors (Lipinski definition) is 1. The summed E-state index contributed by atoms with van der Waals surface area (Å²) in [6.07, 6.45) is 3.30. The summed E-state index contributed by atoms with van der Waals surface area (Å²) in [7, 11) is 0. The summed E-state index contributed by atoms with van der Waals surface area (Å²) in [5, 5.41) is 10.9. The van der Waals surface area contributed by atoms with Crippen molar-refractivity contribution in [2.24, 2.45) is 0 Å². The molecule has 2 unspecified atom stereocenters. The van der Waals surface area contributed by atoms with E-state index in [2.05, 4.69) is 27.6 Å². The Morgan fingerprint density at radius 3 is 2.39 bits per heavy atom. The third kappa shape index (κ3) is 5.01. The average molecular weight is 638 g/mol. The summed E-state index contributed by atoms with van der Waals surface area (Å²) in [5.74, 6) is -2.24. The summed E-state index contributed by atoms with van der Waals surface area (Å²) in [6.45, 7) is 0.147. The van der Waals surface area contributed by atoms with Crippen LogP contribution < -0.4 is 4.90 Å². The zero-order valence-corrected chi connectivity index (χ0v) is 22.8. The number of carbonyl (C=O) groups is 3. The van der Waals surface area contributed by atoms with Crippen molar-refractivity contribution in [3.05, 3.63) is 128 Å². The van der Waals surface area contributed by atoms with Crippen LogP contribution in [0, 0.1) is 3.57 Å². The maximum Gasteiger partial charge on any atom is 0.331 e. The summed E-state index contributed by atoms with van der Waals surface area (Å²) in [6, 6.07) is 21.2. The fraction of sp³-hybridized carbons (Fsp3) is 0.103. The first-order chi connectivity index (χ1) is 18.3. The van der Waals surface area contributed by atoms with E-state index < -0.39 is 29.9 Å². The topological polar surface area (TPSA) is 90.8 Å². The normalized spacial score (nSPS) is 16.1. The van der Waals surface area contributed by atoms with Gasteiger partial charge in [0.15, 0.2) is 6.04 Å². The van der Waals surface area contributed by atoms with Gasteiger partial charge in [-0.05, 0) is 75.7 Å². The average Bonchev–Trinajstić information content (AvgIpc) is 3.00. The molecule has 1 aromatic heterocycles. The van der Waals surface area contributed by atoms with Crippen molar-refractivity contribution < 1.29 is 19.5 Å². The van der Waals surface area contributed by atoms with E-state index in [0.29, 0.717) is 21.8 Å². The van der Waals surface area contributed by atoms with Crippen LogP contribution in [-0.4, -0.2) is 32.8 Å². The zero-order valence-electron chi connectivity index (χ0n) is 19.9. The molecule has 0 saturated heterocycles. The standard InChI is InChI=1S/C29H21ClIN3O4/c30-21-10-8-20(9-11-21)25-28(36)33(17-18-5-4-14-32-16-18)24-13-12-22(31)15-23(24)27(35)34(25)26(29(37)38)19-6-2-1-3-7-19/h1-16,25-26H,17H2,(H,37,38). The highest BCUT2D eigenvalue weighted by Crippen LogP contribution is 2.41. The summed E-state index contributed by atoms with van der Waals surface area (Å²) >= 11 is 8.24. The van der Waals surface area contributed by atoms with E-state index in [1.165, 1.54) is 9.80 Å². The van der Waals surface area contributed by atoms with E-state index in [9.17, 15) is 19.5 Å². The molecule has 0 bridgehead atoms. The van der Waals surface area contributed by atoms with Gasteiger partial charge in [-0.2, -0.15) is 0 Å². The Morgan fingerprint density at radius 2 is 1.74 bits per heavy atom. The zero-order chi connectivity index (χ0) is 26.8. The van der Waals surface area contributed by atoms with Crippen LogP contribution in [0.1, 0.15) is 39.1 Å². The van der Waals surface area contributed by atoms with Crippen LogP contribution in [-0.2, 0) is 16.1 Å². The van der Waals surface area contributed by atoms with Crippen LogP contribution in [0.5, 0.6) is 0 Å². The van der Waals surface area contributed by atoms with E-state index in [0.717, 1.165) is 9.13 Å². The number of carboxylic acid groups (broad SMARTS) is 1. The third-order valence-corrected chi connectivity index (χ3v) is 7.29. The van der Waals surface area contributed by atoms with Crippen molar-refractivity contribution in [1.82, 2.24) is 9.88 Å². The van der Waals surface area contributed by atoms with Crippen molar-refractivity contribution in [3.8, 4) is 0 Å². The van der Waals surface area contributed by atoms with E-state index in [4.69, 9.17) is 11.6 Å². The largest absolute Gasteiger partial charge is 0.479 e. The lowest BCUT2D eigenvalue weighted by atomic mass is 9.97. The van der Waals surface area contributed by atoms with Gasteiger partial charge in [-0.3, -0.25) is 14.6 Å². The third-order valence-electron chi connectivity index (χ3n) is 6.37. The second-order valence-electron chi connectivity index (χ2n) is 8.77. The molecule has 2 heterocycles. The van der Waals surface area contributed by atoms with Crippen LogP contribution >= 0.6 is 34.2 Å². The Morgan fingerprint density at radius 1 is 1.00 bits per heavy atom. The molecule has 2 atom stereocenters. The van der Waals surface area contributed by atoms with Crippen LogP contribution in [0.25, 0.3) is 0 Å². The molecule has 0 radical (unpaired) electrons. The second kappa shape index (κ2) is 10.9. The molecule has 1 N–H and O–H groups in total. The Kier molecular flexibility index (Phi) is 7.44. The molecule has 5 rings (SSSR count). The van der Waals surface area contributed by atoms with Crippen molar-refractivity contribution in [3.63, 3.8) is 0 Å². The van der Waals surface area contributed by atoms with Crippen molar-refractivity contribution >= 4 is 57.7 Å². The molecule has 0 saturated carbocycles. The molecule has 3 aromatic carbocycles. The van der Waals surface area contributed by atoms with Crippen LogP contribution in [0.3, 0.4) is 0 Å². The molecular formula is C29H21ClIN3O4. The minimum atomic E-state index is -1.42. The van der Waals surface area contributed by atoms with Gasteiger partial charge >= 0.3 is 5.97 Å². The van der Waals surface area contributed by atoms with Crippen molar-refractivity contribution in [2.45, 2.75) is 18.6 Å². The summed E-state index contributed by atoms with van der Waals surface area (Å²) in [4.78, 5) is 48.5. The maximum atomic E-state index is 14.5. The van der Waals surface area contributed by atoms with E-state index in [1.807, 2.05) is 12.1 Å². The number of aromatic nitrogens is 1. The van der Waals surface area contributed by atoms with Gasteiger partial charge in [-0.25, -0.2) is 4.79 Å². The molecule has 2 amide bonds. The quantitative estimate of drug-likeness (QED) is 0.266. The Balaban J connectivity index is 1.77. The number of hydrogen-bond acceptors (Lipinski definition) is 4. The number of aliphatic carboxylic acids is 1. The first-order valence-electron chi connectivity index (χ1n) is 11.7. The van der Waals surface area contributed by atoms with Gasteiger partial charge in [0.25, 0.3) is 11.8 Å². The van der Waals surface area contributed by atoms with Crippen LogP contribution in [0.15, 0.2) is 97.3 Å². The van der Waals surface area contributed by atoms with Gasteiger partial charge in [0, 0.05) is 21.0 Å². The fourth-order valence-corrected chi connectivity index (χ4v) is 5.28. The fourth-order valence-electron chi connectivity index (χ4n) is 4.67. The SMILES string of the molecule is O=C(O)C(c1ccccc1)N1C(=O)c2cc(I)ccc2N(Cc2cccnc2)C(=O)C1c1ccc(Cl)cc1. The second-order valence-corrected chi connectivity index (χ2v) is 10.4. The number of fused-ring (bicyclic) bond motifs is 1. The van der Waals surface area contributed by atoms with Crippen molar-refractivity contribution in [2.75, 3.05) is 4.90 Å². The molecule has 0 aliphatic carbocycles. The Hall–Kier alpha value is -3.76. The number of rotatable bonds is 6. The monoisotopic (exact) mass is 637 g/mol. The number of benzene rings is 3. The lowest BCUT2D eigenvalue weighted by molar-refractivity contribution is -0.144. The number of carboxylic acids is 1. The molecular weight excluding hydrogens is 617 g/mol. The molecule has 7 nitrogen and oxygen atoms in total. The Labute approximate surface area is 237 Å². The van der Waals surface area contributed by atoms with Gasteiger partial charge in [0.05, 0.1) is 17.8 Å². The van der Waals surface area contributed by atoms with Crippen molar-refractivity contribution in [1.29, 1.82) is 0 Å². The number of halogens is 2. The minimum Gasteiger partial charge on any atom is -0.479 e. The minimum absolute atomic E-state index is 0.147. The first kappa shape index (κ1) is 25.9. The van der Waals surface area contributed by atoms with Gasteiger partial charge < -0.3 is 14.9 Å². The van der Waals surface area contributed by atoms with E-state index in [-0.39, 0.29) is 12.1 Å². The molecule has 0 fully saturated rings. The molecule has 38 heavy (non-hydrogen) atoms. The highest BCUT2D eigenvalue weighted by molar-refractivity contribution is 14.1. The van der Waals surface area contributed by atoms with Gasteiger partial charge in [-0.1, -0.05) is 60.1 Å². The van der Waals surface area contributed by atoms with Crippen LogP contribution in [0.2, 0.25) is 5.02 Å². The predicted molar refractivity (Wildman–Crippen MR) is 152 cm³/mol.